The van der Waals surface area contributed by atoms with E-state index in [1.165, 1.54) is 38.8 Å². The monoisotopic (exact) mass is 261 g/mol. The molecule has 1 unspecified atom stereocenters. The SMILES string of the molecule is NCc1ccnnc1N1CCC(N2CCCCC2)C1. The number of nitrogens with zero attached hydrogens (tertiary/aromatic N) is 4. The third-order valence-corrected chi connectivity index (χ3v) is 4.37. The van der Waals surface area contributed by atoms with Crippen molar-refractivity contribution in [2.24, 2.45) is 5.73 Å². The number of aromatic nitrogens is 2. The second-order valence-electron chi connectivity index (χ2n) is 5.57. The molecule has 0 spiro atoms. The van der Waals surface area contributed by atoms with Gasteiger partial charge in [-0.05, 0) is 38.4 Å². The highest BCUT2D eigenvalue weighted by Crippen LogP contribution is 2.25. The highest BCUT2D eigenvalue weighted by atomic mass is 15.3. The van der Waals surface area contributed by atoms with Crippen molar-refractivity contribution in [1.82, 2.24) is 15.1 Å². The first kappa shape index (κ1) is 12.8. The summed E-state index contributed by atoms with van der Waals surface area (Å²) >= 11 is 0. The van der Waals surface area contributed by atoms with Gasteiger partial charge in [-0.25, -0.2) is 0 Å². The van der Waals surface area contributed by atoms with Crippen LogP contribution in [0.15, 0.2) is 12.3 Å². The largest absolute Gasteiger partial charge is 0.353 e. The summed E-state index contributed by atoms with van der Waals surface area (Å²) in [7, 11) is 0. The summed E-state index contributed by atoms with van der Waals surface area (Å²) in [6, 6.07) is 2.67. The van der Waals surface area contributed by atoms with Gasteiger partial charge in [-0.1, -0.05) is 6.42 Å². The standard InChI is InChI=1S/C14H23N5/c15-10-12-4-6-16-17-14(12)19-9-5-13(11-19)18-7-2-1-3-8-18/h4,6,13H,1-3,5,7-11,15H2. The molecule has 0 amide bonds. The third kappa shape index (κ3) is 2.72. The smallest absolute Gasteiger partial charge is 0.155 e. The molecule has 2 aliphatic rings. The Morgan fingerprint density at radius 2 is 2.05 bits per heavy atom. The Morgan fingerprint density at radius 3 is 2.84 bits per heavy atom. The molecular weight excluding hydrogens is 238 g/mol. The fourth-order valence-corrected chi connectivity index (χ4v) is 3.29. The van der Waals surface area contributed by atoms with Crippen molar-refractivity contribution >= 4 is 5.82 Å². The van der Waals surface area contributed by atoms with E-state index in [4.69, 9.17) is 5.73 Å². The number of piperidine rings is 1. The van der Waals surface area contributed by atoms with Gasteiger partial charge in [0.15, 0.2) is 5.82 Å². The van der Waals surface area contributed by atoms with Crippen molar-refractivity contribution in [3.8, 4) is 0 Å². The van der Waals surface area contributed by atoms with Crippen LogP contribution in [-0.2, 0) is 6.54 Å². The van der Waals surface area contributed by atoms with Gasteiger partial charge in [0.05, 0.1) is 6.20 Å². The Labute approximate surface area is 114 Å². The molecule has 3 heterocycles. The Kier molecular flexibility index (Phi) is 3.94. The average molecular weight is 261 g/mol. The maximum absolute atomic E-state index is 5.79. The summed E-state index contributed by atoms with van der Waals surface area (Å²) in [5.41, 5.74) is 6.90. The van der Waals surface area contributed by atoms with E-state index in [2.05, 4.69) is 20.0 Å². The minimum Gasteiger partial charge on any atom is -0.353 e. The topological polar surface area (TPSA) is 58.3 Å². The van der Waals surface area contributed by atoms with Crippen LogP contribution in [-0.4, -0.2) is 47.3 Å². The third-order valence-electron chi connectivity index (χ3n) is 4.37. The summed E-state index contributed by atoms with van der Waals surface area (Å²) < 4.78 is 0. The number of likely N-dealkylation sites (tertiary alicyclic amines) is 1. The van der Waals surface area contributed by atoms with Gasteiger partial charge in [-0.15, -0.1) is 5.10 Å². The van der Waals surface area contributed by atoms with Gasteiger partial charge in [0.1, 0.15) is 0 Å². The summed E-state index contributed by atoms with van der Waals surface area (Å²) in [6.45, 7) is 5.22. The van der Waals surface area contributed by atoms with E-state index in [1.807, 2.05) is 6.07 Å². The Balaban J connectivity index is 1.67. The number of rotatable bonds is 3. The molecule has 1 aromatic heterocycles. The second kappa shape index (κ2) is 5.84. The molecule has 5 heteroatoms. The van der Waals surface area contributed by atoms with Crippen molar-refractivity contribution in [1.29, 1.82) is 0 Å². The van der Waals surface area contributed by atoms with Crippen molar-refractivity contribution in [3.63, 3.8) is 0 Å². The lowest BCUT2D eigenvalue weighted by Gasteiger charge is -2.32. The van der Waals surface area contributed by atoms with Crippen molar-refractivity contribution in [2.75, 3.05) is 31.1 Å². The normalized spacial score (nSPS) is 24.9. The molecule has 3 rings (SSSR count). The highest BCUT2D eigenvalue weighted by Gasteiger charge is 2.29. The predicted molar refractivity (Wildman–Crippen MR) is 76.0 cm³/mol. The van der Waals surface area contributed by atoms with Gasteiger partial charge < -0.3 is 10.6 Å². The molecule has 0 radical (unpaired) electrons. The van der Waals surface area contributed by atoms with Crippen LogP contribution in [0.1, 0.15) is 31.2 Å². The molecule has 0 saturated carbocycles. The average Bonchev–Trinajstić information content (AvgIpc) is 2.98. The van der Waals surface area contributed by atoms with Gasteiger partial charge in [0.25, 0.3) is 0 Å². The molecule has 19 heavy (non-hydrogen) atoms. The van der Waals surface area contributed by atoms with Gasteiger partial charge in [-0.3, -0.25) is 4.90 Å². The van der Waals surface area contributed by atoms with Crippen LogP contribution < -0.4 is 10.6 Å². The molecule has 2 saturated heterocycles. The molecule has 5 nitrogen and oxygen atoms in total. The predicted octanol–water partition coefficient (Wildman–Crippen LogP) is 1.000. The van der Waals surface area contributed by atoms with Crippen LogP contribution in [0.25, 0.3) is 0 Å². The molecule has 1 atom stereocenters. The maximum Gasteiger partial charge on any atom is 0.155 e. The number of nitrogens with two attached hydrogens (primary N) is 1. The highest BCUT2D eigenvalue weighted by molar-refractivity contribution is 5.46. The molecule has 104 valence electrons. The quantitative estimate of drug-likeness (QED) is 0.879. The Hall–Kier alpha value is -1.20. The van der Waals surface area contributed by atoms with Crippen LogP contribution in [0, 0.1) is 0 Å². The van der Waals surface area contributed by atoms with E-state index in [-0.39, 0.29) is 0 Å². The molecule has 1 aromatic rings. The van der Waals surface area contributed by atoms with Crippen molar-refractivity contribution in [2.45, 2.75) is 38.3 Å². The van der Waals surface area contributed by atoms with Gasteiger partial charge in [0, 0.05) is 31.2 Å². The first-order valence-electron chi connectivity index (χ1n) is 7.38. The molecule has 2 N–H and O–H groups in total. The molecule has 2 aliphatic heterocycles. The van der Waals surface area contributed by atoms with E-state index in [1.54, 1.807) is 6.20 Å². The number of hydrogen-bond donors (Lipinski definition) is 1. The molecule has 0 bridgehead atoms. The van der Waals surface area contributed by atoms with Crippen molar-refractivity contribution < 1.29 is 0 Å². The van der Waals surface area contributed by atoms with Crippen LogP contribution in [0.2, 0.25) is 0 Å². The summed E-state index contributed by atoms with van der Waals surface area (Å²) in [5.74, 6) is 0.990. The minimum atomic E-state index is 0.537. The summed E-state index contributed by atoms with van der Waals surface area (Å²) in [6.07, 6.45) is 7.07. The molecule has 0 aliphatic carbocycles. The van der Waals surface area contributed by atoms with Crippen molar-refractivity contribution in [3.05, 3.63) is 17.8 Å². The molecular formula is C14H23N5. The van der Waals surface area contributed by atoms with Gasteiger partial charge >= 0.3 is 0 Å². The van der Waals surface area contributed by atoms with E-state index in [0.717, 1.165) is 24.5 Å². The zero-order valence-electron chi connectivity index (χ0n) is 11.5. The molecule has 0 aromatic carbocycles. The minimum absolute atomic E-state index is 0.537. The van der Waals surface area contributed by atoms with E-state index in [9.17, 15) is 0 Å². The number of anilines is 1. The van der Waals surface area contributed by atoms with E-state index >= 15 is 0 Å². The summed E-state index contributed by atoms with van der Waals surface area (Å²) in [4.78, 5) is 5.01. The van der Waals surface area contributed by atoms with E-state index < -0.39 is 0 Å². The van der Waals surface area contributed by atoms with Crippen LogP contribution >= 0.6 is 0 Å². The molecule has 2 fully saturated rings. The maximum atomic E-state index is 5.79. The fourth-order valence-electron chi connectivity index (χ4n) is 3.29. The van der Waals surface area contributed by atoms with Crippen LogP contribution in [0.4, 0.5) is 5.82 Å². The summed E-state index contributed by atoms with van der Waals surface area (Å²) in [5, 5.41) is 8.30. The number of hydrogen-bond acceptors (Lipinski definition) is 5. The lowest BCUT2D eigenvalue weighted by Crippen LogP contribution is -2.41. The van der Waals surface area contributed by atoms with Crippen LogP contribution in [0.5, 0.6) is 0 Å². The van der Waals surface area contributed by atoms with E-state index in [0.29, 0.717) is 12.6 Å². The lowest BCUT2D eigenvalue weighted by molar-refractivity contribution is 0.174. The Morgan fingerprint density at radius 1 is 1.21 bits per heavy atom. The first-order valence-corrected chi connectivity index (χ1v) is 7.38. The fraction of sp³-hybridized carbons (Fsp3) is 0.714. The van der Waals surface area contributed by atoms with Gasteiger partial charge in [-0.2, -0.15) is 5.10 Å². The Bertz CT molecular complexity index is 416. The first-order chi connectivity index (χ1) is 9.38. The lowest BCUT2D eigenvalue weighted by atomic mass is 10.1. The zero-order chi connectivity index (χ0) is 13.1. The van der Waals surface area contributed by atoms with Crippen LogP contribution in [0.3, 0.4) is 0 Å². The zero-order valence-corrected chi connectivity index (χ0v) is 11.5. The second-order valence-corrected chi connectivity index (χ2v) is 5.57. The van der Waals surface area contributed by atoms with Gasteiger partial charge in [0.2, 0.25) is 0 Å².